The number of aromatic nitrogens is 2. The Morgan fingerprint density at radius 1 is 0.938 bits per heavy atom. The Morgan fingerprint density at radius 2 is 1.69 bits per heavy atom. The zero-order valence-corrected chi connectivity index (χ0v) is 18.2. The van der Waals surface area contributed by atoms with E-state index in [9.17, 15) is 4.39 Å². The highest BCUT2D eigenvalue weighted by atomic mass is 32.1. The molecule has 5 nitrogen and oxygen atoms in total. The van der Waals surface area contributed by atoms with Crippen molar-refractivity contribution in [1.29, 1.82) is 0 Å². The standard InChI is InChI=1S/C25H21FN4OS/c1-31-20-13-11-19(12-14-20)30-24(23(28-25(30)32)21-5-2-3-15-27-21)22-6-4-16-29(22)18-9-7-17(26)8-10-18/h2-16,23-24H,1H3,(H,28,32)/t23-,24-/m0/s1. The second kappa shape index (κ2) is 8.43. The van der Waals surface area contributed by atoms with Crippen molar-refractivity contribution in [1.82, 2.24) is 14.9 Å². The van der Waals surface area contributed by atoms with Crippen LogP contribution in [0.3, 0.4) is 0 Å². The summed E-state index contributed by atoms with van der Waals surface area (Å²) < 4.78 is 20.9. The van der Waals surface area contributed by atoms with E-state index in [0.29, 0.717) is 5.11 Å². The summed E-state index contributed by atoms with van der Waals surface area (Å²) in [4.78, 5) is 6.70. The Kier molecular flexibility index (Phi) is 5.33. The molecule has 2 aromatic carbocycles. The highest BCUT2D eigenvalue weighted by Crippen LogP contribution is 2.42. The molecule has 160 valence electrons. The number of halogens is 1. The fourth-order valence-corrected chi connectivity index (χ4v) is 4.49. The van der Waals surface area contributed by atoms with E-state index in [1.807, 2.05) is 54.7 Å². The fourth-order valence-electron chi connectivity index (χ4n) is 4.15. The van der Waals surface area contributed by atoms with Crippen molar-refractivity contribution in [2.45, 2.75) is 12.1 Å². The van der Waals surface area contributed by atoms with Crippen molar-refractivity contribution in [3.05, 3.63) is 108 Å². The molecule has 1 aliphatic rings. The van der Waals surface area contributed by atoms with Crippen molar-refractivity contribution in [3.8, 4) is 11.4 Å². The van der Waals surface area contributed by atoms with Gasteiger partial charge in [0.05, 0.1) is 18.8 Å². The normalized spacial score (nSPS) is 17.9. The number of nitrogens with zero attached hydrogens (tertiary/aromatic N) is 3. The van der Waals surface area contributed by atoms with Gasteiger partial charge < -0.3 is 19.5 Å². The van der Waals surface area contributed by atoms with Gasteiger partial charge in [-0.1, -0.05) is 6.07 Å². The van der Waals surface area contributed by atoms with E-state index in [1.54, 1.807) is 25.4 Å². The maximum absolute atomic E-state index is 13.5. The number of methoxy groups -OCH3 is 1. The van der Waals surface area contributed by atoms with Crippen molar-refractivity contribution in [3.63, 3.8) is 0 Å². The van der Waals surface area contributed by atoms with Crippen molar-refractivity contribution < 1.29 is 9.13 Å². The van der Waals surface area contributed by atoms with E-state index < -0.39 is 0 Å². The van der Waals surface area contributed by atoms with E-state index in [4.69, 9.17) is 17.0 Å². The molecule has 3 heterocycles. The summed E-state index contributed by atoms with van der Waals surface area (Å²) in [6.45, 7) is 0. The molecule has 2 atom stereocenters. The summed E-state index contributed by atoms with van der Waals surface area (Å²) >= 11 is 5.79. The molecule has 32 heavy (non-hydrogen) atoms. The van der Waals surface area contributed by atoms with Gasteiger partial charge in [-0.15, -0.1) is 0 Å². The number of thiocarbonyl (C=S) groups is 1. The number of pyridine rings is 1. The molecule has 5 rings (SSSR count). The lowest BCUT2D eigenvalue weighted by Crippen LogP contribution is -2.30. The number of ether oxygens (including phenoxy) is 1. The van der Waals surface area contributed by atoms with Crippen LogP contribution in [-0.4, -0.2) is 21.8 Å². The Labute approximate surface area is 191 Å². The van der Waals surface area contributed by atoms with Crippen LogP contribution in [0.25, 0.3) is 5.69 Å². The monoisotopic (exact) mass is 444 g/mol. The number of nitrogens with one attached hydrogen (secondary N) is 1. The molecule has 1 fully saturated rings. The Hall–Kier alpha value is -3.71. The van der Waals surface area contributed by atoms with Gasteiger partial charge in [0, 0.05) is 29.5 Å². The second-order valence-corrected chi connectivity index (χ2v) is 7.86. The first-order chi connectivity index (χ1) is 15.7. The lowest BCUT2D eigenvalue weighted by Gasteiger charge is -2.29. The summed E-state index contributed by atoms with van der Waals surface area (Å²) in [6, 6.07) is 23.9. The van der Waals surface area contributed by atoms with Crippen LogP contribution in [0.4, 0.5) is 10.1 Å². The molecule has 0 spiro atoms. The Morgan fingerprint density at radius 3 is 2.38 bits per heavy atom. The van der Waals surface area contributed by atoms with Gasteiger partial charge in [0.2, 0.25) is 0 Å². The van der Waals surface area contributed by atoms with E-state index in [-0.39, 0.29) is 17.9 Å². The molecule has 1 saturated heterocycles. The Balaban J connectivity index is 1.64. The Bertz CT molecular complexity index is 1230. The summed E-state index contributed by atoms with van der Waals surface area (Å²) in [5.41, 5.74) is 3.72. The number of hydrogen-bond donors (Lipinski definition) is 1. The zero-order valence-electron chi connectivity index (χ0n) is 17.4. The molecule has 0 aliphatic carbocycles. The molecular formula is C25H21FN4OS. The molecule has 0 saturated carbocycles. The van der Waals surface area contributed by atoms with Crippen molar-refractivity contribution in [2.24, 2.45) is 0 Å². The minimum Gasteiger partial charge on any atom is -0.497 e. The fraction of sp³-hybridized carbons (Fsp3) is 0.120. The minimum absolute atomic E-state index is 0.167. The van der Waals surface area contributed by atoms with Crippen LogP contribution >= 0.6 is 12.2 Å². The number of anilines is 1. The lowest BCUT2D eigenvalue weighted by molar-refractivity contribution is 0.415. The predicted octanol–water partition coefficient (Wildman–Crippen LogP) is 5.20. The van der Waals surface area contributed by atoms with Gasteiger partial charge in [0.25, 0.3) is 0 Å². The summed E-state index contributed by atoms with van der Waals surface area (Å²) in [5.74, 6) is 0.511. The highest BCUT2D eigenvalue weighted by Gasteiger charge is 2.42. The van der Waals surface area contributed by atoms with Gasteiger partial charge in [0.15, 0.2) is 5.11 Å². The first kappa shape index (κ1) is 20.2. The van der Waals surface area contributed by atoms with Crippen LogP contribution in [-0.2, 0) is 0 Å². The third-order valence-corrected chi connectivity index (χ3v) is 5.95. The molecule has 1 N–H and O–H groups in total. The predicted molar refractivity (Wildman–Crippen MR) is 127 cm³/mol. The molecule has 0 amide bonds. The molecule has 0 unspecified atom stereocenters. The smallest absolute Gasteiger partial charge is 0.174 e. The number of rotatable bonds is 5. The third-order valence-electron chi connectivity index (χ3n) is 5.64. The lowest BCUT2D eigenvalue weighted by atomic mass is 10.0. The average Bonchev–Trinajstić information content (AvgIpc) is 3.44. The van der Waals surface area contributed by atoms with E-state index in [1.165, 1.54) is 12.1 Å². The van der Waals surface area contributed by atoms with Crippen LogP contribution in [0.2, 0.25) is 0 Å². The van der Waals surface area contributed by atoms with E-state index >= 15 is 0 Å². The first-order valence-corrected chi connectivity index (χ1v) is 10.6. The second-order valence-electron chi connectivity index (χ2n) is 7.47. The van der Waals surface area contributed by atoms with Crippen molar-refractivity contribution in [2.75, 3.05) is 12.0 Å². The molecule has 1 aliphatic heterocycles. The minimum atomic E-state index is -0.266. The maximum atomic E-state index is 13.5. The maximum Gasteiger partial charge on any atom is 0.174 e. The van der Waals surface area contributed by atoms with Crippen LogP contribution in [0.15, 0.2) is 91.3 Å². The quantitative estimate of drug-likeness (QED) is 0.429. The van der Waals surface area contributed by atoms with Gasteiger partial charge in [-0.3, -0.25) is 4.98 Å². The first-order valence-electron chi connectivity index (χ1n) is 10.2. The largest absolute Gasteiger partial charge is 0.497 e. The molecule has 4 aromatic rings. The van der Waals surface area contributed by atoms with Crippen LogP contribution in [0, 0.1) is 5.82 Å². The molecular weight excluding hydrogens is 423 g/mol. The highest BCUT2D eigenvalue weighted by molar-refractivity contribution is 7.80. The molecule has 7 heteroatoms. The van der Waals surface area contributed by atoms with Crippen LogP contribution < -0.4 is 15.0 Å². The summed E-state index contributed by atoms with van der Waals surface area (Å²) in [6.07, 6.45) is 3.76. The number of hydrogen-bond acceptors (Lipinski definition) is 3. The topological polar surface area (TPSA) is 42.3 Å². The van der Waals surface area contributed by atoms with E-state index in [0.717, 1.165) is 28.5 Å². The van der Waals surface area contributed by atoms with Crippen LogP contribution in [0.1, 0.15) is 23.5 Å². The molecule has 0 bridgehead atoms. The summed E-state index contributed by atoms with van der Waals surface area (Å²) in [7, 11) is 1.65. The SMILES string of the molecule is COc1ccc(N2C(=S)N[C@@H](c3ccccn3)[C@@H]2c2cccn2-c2ccc(F)cc2)cc1. The zero-order chi connectivity index (χ0) is 22.1. The number of benzene rings is 2. The van der Waals surface area contributed by atoms with Gasteiger partial charge in [-0.25, -0.2) is 4.39 Å². The van der Waals surface area contributed by atoms with Crippen molar-refractivity contribution >= 4 is 23.0 Å². The van der Waals surface area contributed by atoms with Crippen LogP contribution in [0.5, 0.6) is 5.75 Å². The van der Waals surface area contributed by atoms with Gasteiger partial charge in [0.1, 0.15) is 17.6 Å². The van der Waals surface area contributed by atoms with Gasteiger partial charge >= 0.3 is 0 Å². The molecule has 2 aromatic heterocycles. The van der Waals surface area contributed by atoms with E-state index in [2.05, 4.69) is 25.8 Å². The van der Waals surface area contributed by atoms with Gasteiger partial charge in [-0.05, 0) is 85.0 Å². The molecule has 0 radical (unpaired) electrons. The third kappa shape index (κ3) is 3.61. The van der Waals surface area contributed by atoms with Gasteiger partial charge in [-0.2, -0.15) is 0 Å². The summed E-state index contributed by atoms with van der Waals surface area (Å²) in [5, 5.41) is 4.08. The average molecular weight is 445 g/mol.